The zero-order chi connectivity index (χ0) is 13.9. The zero-order valence-corrected chi connectivity index (χ0v) is 9.22. The van der Waals surface area contributed by atoms with E-state index in [0.717, 1.165) is 6.07 Å². The van der Waals surface area contributed by atoms with E-state index >= 15 is 0 Å². The Kier molecular flexibility index (Phi) is 4.26. The number of ketones is 1. The third-order valence-corrected chi connectivity index (χ3v) is 2.15. The van der Waals surface area contributed by atoms with E-state index in [4.69, 9.17) is 0 Å². The lowest BCUT2D eigenvalue weighted by molar-refractivity contribution is -0.141. The molecule has 0 bridgehead atoms. The highest BCUT2D eigenvalue weighted by atomic mass is 19.4. The molecule has 0 N–H and O–H groups in total. The third-order valence-electron chi connectivity index (χ3n) is 2.15. The largest absolute Gasteiger partial charge is 0.434 e. The van der Waals surface area contributed by atoms with Gasteiger partial charge in [-0.3, -0.25) is 4.79 Å². The van der Waals surface area contributed by atoms with Crippen LogP contribution in [0, 0.1) is 0 Å². The molecule has 100 valence electrons. The number of carbonyl (C=O) groups is 1. The third kappa shape index (κ3) is 3.41. The summed E-state index contributed by atoms with van der Waals surface area (Å²) in [5.41, 5.74) is -1.43. The minimum Gasteiger partial charge on any atom is -0.434 e. The molecule has 0 aliphatic heterocycles. The molecular weight excluding hydrogens is 259 g/mol. The van der Waals surface area contributed by atoms with Crippen LogP contribution in [0.25, 0.3) is 0 Å². The number of ether oxygens (including phenoxy) is 1. The molecule has 0 aliphatic rings. The maximum Gasteiger partial charge on any atom is 0.419 e. The van der Waals surface area contributed by atoms with Gasteiger partial charge >= 0.3 is 12.8 Å². The zero-order valence-electron chi connectivity index (χ0n) is 9.22. The molecular formula is C11H9F5O2. The average molecular weight is 268 g/mol. The molecule has 18 heavy (non-hydrogen) atoms. The van der Waals surface area contributed by atoms with Crippen LogP contribution in [0.15, 0.2) is 18.2 Å². The molecule has 7 heteroatoms. The molecule has 0 aromatic heterocycles. The van der Waals surface area contributed by atoms with Crippen LogP contribution in [0.1, 0.15) is 29.3 Å². The van der Waals surface area contributed by atoms with Gasteiger partial charge in [0.05, 0.1) is 5.56 Å². The second-order valence-corrected chi connectivity index (χ2v) is 3.36. The quantitative estimate of drug-likeness (QED) is 0.611. The minimum absolute atomic E-state index is 0.0550. The van der Waals surface area contributed by atoms with Crippen molar-refractivity contribution in [2.75, 3.05) is 0 Å². The van der Waals surface area contributed by atoms with E-state index in [-0.39, 0.29) is 12.0 Å². The second kappa shape index (κ2) is 5.32. The number of rotatable bonds is 4. The lowest BCUT2D eigenvalue weighted by Crippen LogP contribution is -2.12. The smallest absolute Gasteiger partial charge is 0.419 e. The molecule has 0 radical (unpaired) electrons. The van der Waals surface area contributed by atoms with Crippen LogP contribution in [0.4, 0.5) is 22.0 Å². The first-order chi connectivity index (χ1) is 8.25. The van der Waals surface area contributed by atoms with Crippen molar-refractivity contribution >= 4 is 5.78 Å². The Hall–Kier alpha value is -1.66. The predicted octanol–water partition coefficient (Wildman–Crippen LogP) is 3.90. The van der Waals surface area contributed by atoms with Crippen molar-refractivity contribution in [3.8, 4) is 5.75 Å². The maximum absolute atomic E-state index is 12.5. The summed E-state index contributed by atoms with van der Waals surface area (Å²) in [4.78, 5) is 11.3. The fourth-order valence-electron chi connectivity index (χ4n) is 1.33. The van der Waals surface area contributed by atoms with Crippen LogP contribution in [0.3, 0.4) is 0 Å². The minimum atomic E-state index is -4.82. The van der Waals surface area contributed by atoms with Crippen LogP contribution in [0.2, 0.25) is 0 Å². The van der Waals surface area contributed by atoms with Gasteiger partial charge in [-0.25, -0.2) is 0 Å². The van der Waals surface area contributed by atoms with Crippen molar-refractivity contribution in [3.63, 3.8) is 0 Å². The first-order valence-corrected chi connectivity index (χ1v) is 4.95. The molecule has 0 spiro atoms. The number of hydrogen-bond donors (Lipinski definition) is 0. The summed E-state index contributed by atoms with van der Waals surface area (Å²) in [6.45, 7) is -1.88. The predicted molar refractivity (Wildman–Crippen MR) is 52.7 cm³/mol. The Labute approximate surface area is 99.4 Å². The molecule has 1 rings (SSSR count). The second-order valence-electron chi connectivity index (χ2n) is 3.36. The van der Waals surface area contributed by atoms with Gasteiger partial charge in [0.1, 0.15) is 5.75 Å². The van der Waals surface area contributed by atoms with Crippen molar-refractivity contribution in [3.05, 3.63) is 29.3 Å². The Morgan fingerprint density at radius 1 is 1.33 bits per heavy atom. The molecule has 2 nitrogen and oxygen atoms in total. The van der Waals surface area contributed by atoms with Crippen molar-refractivity contribution in [1.82, 2.24) is 0 Å². The van der Waals surface area contributed by atoms with Crippen molar-refractivity contribution < 1.29 is 31.5 Å². The molecule has 0 heterocycles. The molecule has 0 aliphatic carbocycles. The summed E-state index contributed by atoms with van der Waals surface area (Å²) < 4.78 is 65.4. The molecule has 1 aromatic rings. The summed E-state index contributed by atoms with van der Waals surface area (Å²) >= 11 is 0. The molecule has 0 atom stereocenters. The summed E-state index contributed by atoms with van der Waals surface area (Å²) in [5.74, 6) is -1.50. The maximum atomic E-state index is 12.5. The van der Waals surface area contributed by atoms with Crippen LogP contribution in [0.5, 0.6) is 5.75 Å². The van der Waals surface area contributed by atoms with Crippen LogP contribution < -0.4 is 4.74 Å². The normalized spacial score (nSPS) is 11.7. The molecule has 0 saturated heterocycles. The van der Waals surface area contributed by atoms with Crippen molar-refractivity contribution in [2.24, 2.45) is 0 Å². The Morgan fingerprint density at radius 3 is 2.39 bits per heavy atom. The van der Waals surface area contributed by atoms with Crippen molar-refractivity contribution in [1.29, 1.82) is 0 Å². The highest BCUT2D eigenvalue weighted by molar-refractivity contribution is 5.96. The van der Waals surface area contributed by atoms with Crippen LogP contribution in [-0.2, 0) is 6.18 Å². The Balaban J connectivity index is 3.25. The van der Waals surface area contributed by atoms with E-state index < -0.39 is 29.9 Å². The molecule has 0 amide bonds. The van der Waals surface area contributed by atoms with Crippen LogP contribution in [-0.4, -0.2) is 12.4 Å². The SMILES string of the molecule is CCC(=O)c1ccc(C(F)(F)F)c(OC(F)F)c1. The number of hydrogen-bond acceptors (Lipinski definition) is 2. The summed E-state index contributed by atoms with van der Waals surface area (Å²) in [7, 11) is 0. The van der Waals surface area contributed by atoms with E-state index in [1.54, 1.807) is 0 Å². The van der Waals surface area contributed by atoms with E-state index in [1.165, 1.54) is 6.92 Å². The Morgan fingerprint density at radius 2 is 1.94 bits per heavy atom. The van der Waals surface area contributed by atoms with Crippen molar-refractivity contribution in [2.45, 2.75) is 26.1 Å². The van der Waals surface area contributed by atoms with Gasteiger partial charge in [0.15, 0.2) is 5.78 Å². The van der Waals surface area contributed by atoms with E-state index in [0.29, 0.717) is 12.1 Å². The summed E-state index contributed by atoms with van der Waals surface area (Å²) in [6.07, 6.45) is -4.77. The Bertz CT molecular complexity index is 440. The van der Waals surface area contributed by atoms with Gasteiger partial charge in [-0.1, -0.05) is 13.0 Å². The first-order valence-electron chi connectivity index (χ1n) is 4.95. The van der Waals surface area contributed by atoms with Crippen LogP contribution >= 0.6 is 0 Å². The number of halogens is 5. The molecule has 0 fully saturated rings. The topological polar surface area (TPSA) is 26.3 Å². The van der Waals surface area contributed by atoms with Gasteiger partial charge in [0.2, 0.25) is 0 Å². The number of Topliss-reactive ketones (excluding diaryl/α,β-unsaturated/α-hetero) is 1. The molecule has 0 unspecified atom stereocenters. The van der Waals surface area contributed by atoms with E-state index in [9.17, 15) is 26.7 Å². The van der Waals surface area contributed by atoms with Gasteiger partial charge < -0.3 is 4.74 Å². The van der Waals surface area contributed by atoms with E-state index in [1.807, 2.05) is 0 Å². The standard InChI is InChI=1S/C11H9F5O2/c1-2-8(17)6-3-4-7(11(14,15)16)9(5-6)18-10(12)13/h3-5,10H,2H2,1H3. The first kappa shape index (κ1) is 14.4. The lowest BCUT2D eigenvalue weighted by Gasteiger charge is -2.14. The lowest BCUT2D eigenvalue weighted by atomic mass is 10.1. The molecule has 1 aromatic carbocycles. The van der Waals surface area contributed by atoms with E-state index in [2.05, 4.69) is 4.74 Å². The van der Waals surface area contributed by atoms with Gasteiger partial charge in [-0.2, -0.15) is 22.0 Å². The highest BCUT2D eigenvalue weighted by Crippen LogP contribution is 2.37. The monoisotopic (exact) mass is 268 g/mol. The highest BCUT2D eigenvalue weighted by Gasteiger charge is 2.35. The van der Waals surface area contributed by atoms with Gasteiger partial charge in [0, 0.05) is 12.0 Å². The van der Waals surface area contributed by atoms with Gasteiger partial charge in [-0.15, -0.1) is 0 Å². The summed E-state index contributed by atoms with van der Waals surface area (Å²) in [6, 6.07) is 2.18. The van der Waals surface area contributed by atoms with Gasteiger partial charge in [0.25, 0.3) is 0 Å². The summed E-state index contributed by atoms with van der Waals surface area (Å²) in [5, 5.41) is 0. The number of carbonyl (C=O) groups excluding carboxylic acids is 1. The number of alkyl halides is 5. The van der Waals surface area contributed by atoms with Gasteiger partial charge in [-0.05, 0) is 12.1 Å². The molecule has 0 saturated carbocycles. The number of benzene rings is 1. The average Bonchev–Trinajstić information content (AvgIpc) is 2.25. The fourth-order valence-corrected chi connectivity index (χ4v) is 1.33. The fraction of sp³-hybridized carbons (Fsp3) is 0.364.